The van der Waals surface area contributed by atoms with Gasteiger partial charge in [-0.05, 0) is 43.3 Å². The van der Waals surface area contributed by atoms with Gasteiger partial charge in [-0.2, -0.15) is 0 Å². The normalized spacial score (nSPS) is 12.0. The Balaban J connectivity index is 1.73. The summed E-state index contributed by atoms with van der Waals surface area (Å²) >= 11 is 19.3. The van der Waals surface area contributed by atoms with Crippen molar-refractivity contribution in [1.29, 1.82) is 0 Å². The van der Waals surface area contributed by atoms with E-state index >= 15 is 0 Å². The molecule has 9 heteroatoms. The zero-order chi connectivity index (χ0) is 18.7. The molecule has 3 aromatic rings. The molecule has 5 nitrogen and oxygen atoms in total. The lowest BCUT2D eigenvalue weighted by Gasteiger charge is -2.13. The summed E-state index contributed by atoms with van der Waals surface area (Å²) in [6, 6.07) is 12.2. The Hall–Kier alpha value is -1.73. The Morgan fingerprint density at radius 2 is 1.92 bits per heavy atom. The fourth-order valence-corrected chi connectivity index (χ4v) is 3.63. The van der Waals surface area contributed by atoms with Crippen LogP contribution < -0.4 is 5.32 Å². The van der Waals surface area contributed by atoms with Gasteiger partial charge in [0.2, 0.25) is 5.91 Å². The molecule has 0 bridgehead atoms. The number of thioether (sulfide) groups is 1. The molecule has 1 atom stereocenters. The van der Waals surface area contributed by atoms with Crippen molar-refractivity contribution in [2.45, 2.75) is 17.3 Å². The van der Waals surface area contributed by atoms with Gasteiger partial charge in [-0.15, -0.1) is 10.2 Å². The van der Waals surface area contributed by atoms with Crippen LogP contribution in [0.4, 0.5) is 5.69 Å². The second kappa shape index (κ2) is 8.31. The average molecular weight is 428 g/mol. The van der Waals surface area contributed by atoms with Crippen LogP contribution in [0.15, 0.2) is 53.9 Å². The number of carbonyl (C=O) groups is 1. The summed E-state index contributed by atoms with van der Waals surface area (Å²) in [5, 5.41) is 12.5. The van der Waals surface area contributed by atoms with Gasteiger partial charge >= 0.3 is 0 Å². The number of amides is 1. The highest BCUT2D eigenvalue weighted by molar-refractivity contribution is 8.00. The highest BCUT2D eigenvalue weighted by atomic mass is 35.5. The van der Waals surface area contributed by atoms with Crippen LogP contribution in [0.25, 0.3) is 5.69 Å². The predicted molar refractivity (Wildman–Crippen MR) is 107 cm³/mol. The van der Waals surface area contributed by atoms with E-state index in [1.165, 1.54) is 11.8 Å². The highest BCUT2D eigenvalue weighted by Crippen LogP contribution is 2.28. The topological polar surface area (TPSA) is 59.8 Å². The number of halogens is 3. The monoisotopic (exact) mass is 426 g/mol. The van der Waals surface area contributed by atoms with Crippen LogP contribution in [0.2, 0.25) is 15.1 Å². The standard InChI is InChI=1S/C17H13Cl3N4OS/c1-10(16(25)22-15-6-5-12(19)8-14(15)20)26-17-23-21-9-24(17)13-4-2-3-11(18)7-13/h2-10H,1H3,(H,22,25). The van der Waals surface area contributed by atoms with Crippen molar-refractivity contribution >= 4 is 58.2 Å². The lowest BCUT2D eigenvalue weighted by atomic mass is 10.3. The molecule has 0 aliphatic carbocycles. The van der Waals surface area contributed by atoms with Gasteiger partial charge in [0, 0.05) is 10.0 Å². The first-order chi connectivity index (χ1) is 12.4. The first-order valence-electron chi connectivity index (χ1n) is 7.52. The van der Waals surface area contributed by atoms with E-state index in [1.807, 2.05) is 12.1 Å². The molecule has 1 amide bonds. The smallest absolute Gasteiger partial charge is 0.237 e. The van der Waals surface area contributed by atoms with Gasteiger partial charge in [-0.1, -0.05) is 52.6 Å². The quantitative estimate of drug-likeness (QED) is 0.558. The summed E-state index contributed by atoms with van der Waals surface area (Å²) in [6.45, 7) is 1.78. The van der Waals surface area contributed by atoms with Crippen LogP contribution in [0.1, 0.15) is 6.92 Å². The number of nitrogens with zero attached hydrogens (tertiary/aromatic N) is 3. The minimum atomic E-state index is -0.427. The number of aromatic nitrogens is 3. The van der Waals surface area contributed by atoms with Gasteiger partial charge in [-0.3, -0.25) is 9.36 Å². The molecule has 0 aliphatic rings. The molecular weight excluding hydrogens is 415 g/mol. The third kappa shape index (κ3) is 4.51. The molecule has 2 aromatic carbocycles. The minimum Gasteiger partial charge on any atom is -0.324 e. The van der Waals surface area contributed by atoms with Crippen molar-refractivity contribution in [2.24, 2.45) is 0 Å². The number of rotatable bonds is 5. The molecule has 134 valence electrons. The van der Waals surface area contributed by atoms with Crippen molar-refractivity contribution in [3.63, 3.8) is 0 Å². The van der Waals surface area contributed by atoms with E-state index in [4.69, 9.17) is 34.8 Å². The largest absolute Gasteiger partial charge is 0.324 e. The molecule has 0 fully saturated rings. The third-order valence-corrected chi connectivity index (χ3v) is 5.28. The molecular formula is C17H13Cl3N4OS. The second-order valence-corrected chi connectivity index (χ2v) is 7.92. The Morgan fingerprint density at radius 3 is 2.65 bits per heavy atom. The van der Waals surface area contributed by atoms with Crippen molar-refractivity contribution in [1.82, 2.24) is 14.8 Å². The zero-order valence-corrected chi connectivity index (χ0v) is 16.6. The maximum absolute atomic E-state index is 12.5. The summed E-state index contributed by atoms with van der Waals surface area (Å²) in [6.07, 6.45) is 1.58. The molecule has 0 radical (unpaired) electrons. The summed E-state index contributed by atoms with van der Waals surface area (Å²) in [5.74, 6) is -0.208. The van der Waals surface area contributed by atoms with Crippen molar-refractivity contribution in [3.05, 3.63) is 63.9 Å². The molecule has 1 heterocycles. The number of benzene rings is 2. The van der Waals surface area contributed by atoms with Crippen LogP contribution in [0, 0.1) is 0 Å². The average Bonchev–Trinajstić information content (AvgIpc) is 3.05. The number of anilines is 1. The first kappa shape index (κ1) is 19.0. The van der Waals surface area contributed by atoms with Gasteiger partial charge in [0.05, 0.1) is 21.6 Å². The molecule has 1 aromatic heterocycles. The summed E-state index contributed by atoms with van der Waals surface area (Å²) < 4.78 is 1.77. The van der Waals surface area contributed by atoms with Crippen molar-refractivity contribution in [3.8, 4) is 5.69 Å². The van der Waals surface area contributed by atoms with Crippen LogP contribution in [-0.4, -0.2) is 25.9 Å². The summed E-state index contributed by atoms with van der Waals surface area (Å²) in [4.78, 5) is 12.5. The second-order valence-electron chi connectivity index (χ2n) is 5.34. The van der Waals surface area contributed by atoms with E-state index < -0.39 is 5.25 Å². The fraction of sp³-hybridized carbons (Fsp3) is 0.118. The molecule has 0 spiro atoms. The summed E-state index contributed by atoms with van der Waals surface area (Å²) in [7, 11) is 0. The number of hydrogen-bond donors (Lipinski definition) is 1. The molecule has 1 unspecified atom stereocenters. The van der Waals surface area contributed by atoms with E-state index in [-0.39, 0.29) is 5.91 Å². The Kier molecular flexibility index (Phi) is 6.09. The van der Waals surface area contributed by atoms with E-state index in [0.717, 1.165) is 5.69 Å². The molecule has 0 saturated carbocycles. The molecule has 1 N–H and O–H groups in total. The molecule has 0 aliphatic heterocycles. The van der Waals surface area contributed by atoms with Crippen LogP contribution in [0.3, 0.4) is 0 Å². The number of hydrogen-bond acceptors (Lipinski definition) is 4. The maximum atomic E-state index is 12.5. The first-order valence-corrected chi connectivity index (χ1v) is 9.54. The highest BCUT2D eigenvalue weighted by Gasteiger charge is 2.19. The zero-order valence-electron chi connectivity index (χ0n) is 13.5. The maximum Gasteiger partial charge on any atom is 0.237 e. The van der Waals surface area contributed by atoms with Crippen LogP contribution >= 0.6 is 46.6 Å². The van der Waals surface area contributed by atoms with Gasteiger partial charge in [0.1, 0.15) is 6.33 Å². The SMILES string of the molecule is CC(Sc1nncn1-c1cccc(Cl)c1)C(=O)Nc1ccc(Cl)cc1Cl. The van der Waals surface area contributed by atoms with Crippen LogP contribution in [0.5, 0.6) is 0 Å². The van der Waals surface area contributed by atoms with Crippen LogP contribution in [-0.2, 0) is 4.79 Å². The van der Waals surface area contributed by atoms with Gasteiger partial charge < -0.3 is 5.32 Å². The number of nitrogens with one attached hydrogen (secondary N) is 1. The molecule has 26 heavy (non-hydrogen) atoms. The lowest BCUT2D eigenvalue weighted by Crippen LogP contribution is -2.23. The fourth-order valence-electron chi connectivity index (χ4n) is 2.14. The van der Waals surface area contributed by atoms with E-state index in [2.05, 4.69) is 15.5 Å². The van der Waals surface area contributed by atoms with Crippen molar-refractivity contribution in [2.75, 3.05) is 5.32 Å². The molecule has 3 rings (SSSR count). The van der Waals surface area contributed by atoms with E-state index in [0.29, 0.717) is 25.9 Å². The lowest BCUT2D eigenvalue weighted by molar-refractivity contribution is -0.115. The summed E-state index contributed by atoms with van der Waals surface area (Å²) in [5.41, 5.74) is 1.32. The molecule has 0 saturated heterocycles. The Morgan fingerprint density at radius 1 is 1.15 bits per heavy atom. The van der Waals surface area contributed by atoms with Gasteiger partial charge in [-0.25, -0.2) is 0 Å². The Labute approximate surface area is 169 Å². The van der Waals surface area contributed by atoms with Gasteiger partial charge in [0.25, 0.3) is 0 Å². The number of carbonyl (C=O) groups excluding carboxylic acids is 1. The minimum absolute atomic E-state index is 0.208. The predicted octanol–water partition coefficient (Wildman–Crippen LogP) is 5.35. The van der Waals surface area contributed by atoms with E-state index in [9.17, 15) is 4.79 Å². The van der Waals surface area contributed by atoms with Crippen molar-refractivity contribution < 1.29 is 4.79 Å². The Bertz CT molecular complexity index is 947. The van der Waals surface area contributed by atoms with Gasteiger partial charge in [0.15, 0.2) is 5.16 Å². The third-order valence-electron chi connectivity index (χ3n) is 3.44. The van der Waals surface area contributed by atoms with E-state index in [1.54, 1.807) is 48.1 Å².